The summed E-state index contributed by atoms with van der Waals surface area (Å²) >= 11 is 3.32. The summed E-state index contributed by atoms with van der Waals surface area (Å²) in [6.45, 7) is 0.142. The normalized spacial score (nSPS) is 9.56. The summed E-state index contributed by atoms with van der Waals surface area (Å²) < 4.78 is 0.933. The summed E-state index contributed by atoms with van der Waals surface area (Å²) in [5, 5.41) is 12.9. The highest BCUT2D eigenvalue weighted by Crippen LogP contribution is 2.11. The molecule has 5 nitrogen and oxygen atoms in total. The lowest BCUT2D eigenvalue weighted by molar-refractivity contribution is -0.120. The monoisotopic (exact) mass is 286 g/mol. The third kappa shape index (κ3) is 4.79. The molecule has 1 aromatic carbocycles. The third-order valence-corrected chi connectivity index (χ3v) is 2.27. The van der Waals surface area contributed by atoms with E-state index in [0.29, 0.717) is 6.54 Å². The van der Waals surface area contributed by atoms with Gasteiger partial charge in [0.2, 0.25) is 5.91 Å². The Morgan fingerprint density at radius 2 is 2.06 bits per heavy atom. The molecular formula is C10H11BrN2O3. The highest BCUT2D eigenvalue weighted by molar-refractivity contribution is 9.10. The largest absolute Gasteiger partial charge is 0.465 e. The summed E-state index contributed by atoms with van der Waals surface area (Å²) in [6, 6.07) is 7.50. The molecule has 0 fully saturated rings. The van der Waals surface area contributed by atoms with Crippen LogP contribution in [0, 0.1) is 0 Å². The Bertz CT molecular complexity index is 395. The van der Waals surface area contributed by atoms with Crippen molar-refractivity contribution in [2.45, 2.75) is 6.54 Å². The zero-order valence-electron chi connectivity index (χ0n) is 8.37. The van der Waals surface area contributed by atoms with Gasteiger partial charge in [0, 0.05) is 11.0 Å². The molecule has 1 rings (SSSR count). The summed E-state index contributed by atoms with van der Waals surface area (Å²) in [5.74, 6) is -0.359. The summed E-state index contributed by atoms with van der Waals surface area (Å²) in [7, 11) is 0. The first-order valence-corrected chi connectivity index (χ1v) is 5.35. The average molecular weight is 287 g/mol. The Hall–Kier alpha value is -1.56. The highest BCUT2D eigenvalue weighted by Gasteiger charge is 2.02. The second-order valence-electron chi connectivity index (χ2n) is 3.07. The molecule has 1 aromatic rings. The topological polar surface area (TPSA) is 78.4 Å². The van der Waals surface area contributed by atoms with Crippen molar-refractivity contribution in [1.29, 1.82) is 0 Å². The first kappa shape index (κ1) is 12.5. The van der Waals surface area contributed by atoms with Crippen molar-refractivity contribution in [2.24, 2.45) is 0 Å². The van der Waals surface area contributed by atoms with E-state index < -0.39 is 6.09 Å². The van der Waals surface area contributed by atoms with Gasteiger partial charge in [0.05, 0.1) is 6.54 Å². The second-order valence-corrected chi connectivity index (χ2v) is 3.98. The van der Waals surface area contributed by atoms with E-state index in [-0.39, 0.29) is 12.5 Å². The van der Waals surface area contributed by atoms with Crippen LogP contribution in [0.4, 0.5) is 4.79 Å². The Morgan fingerprint density at radius 3 is 2.69 bits per heavy atom. The van der Waals surface area contributed by atoms with E-state index in [4.69, 9.17) is 5.11 Å². The fourth-order valence-corrected chi connectivity index (χ4v) is 1.51. The van der Waals surface area contributed by atoms with Crippen molar-refractivity contribution >= 4 is 27.9 Å². The predicted molar refractivity (Wildman–Crippen MR) is 62.0 cm³/mol. The summed E-state index contributed by atoms with van der Waals surface area (Å²) in [4.78, 5) is 21.3. The third-order valence-electron chi connectivity index (χ3n) is 1.78. The quantitative estimate of drug-likeness (QED) is 0.781. The molecular weight excluding hydrogens is 276 g/mol. The maximum Gasteiger partial charge on any atom is 0.405 e. The number of carbonyl (C=O) groups is 2. The van der Waals surface area contributed by atoms with Crippen molar-refractivity contribution in [3.63, 3.8) is 0 Å². The standard InChI is InChI=1S/C10H11BrN2O3/c11-8-3-1-2-7(4-8)5-12-9(14)6-13-10(15)16/h1-4,13H,5-6H2,(H,12,14)(H,15,16). The molecule has 0 aliphatic carbocycles. The number of amides is 2. The molecule has 0 heterocycles. The van der Waals surface area contributed by atoms with E-state index in [2.05, 4.69) is 21.2 Å². The number of nitrogens with one attached hydrogen (secondary N) is 2. The van der Waals surface area contributed by atoms with Gasteiger partial charge < -0.3 is 15.7 Å². The van der Waals surface area contributed by atoms with Gasteiger partial charge in [0.1, 0.15) is 0 Å². The zero-order chi connectivity index (χ0) is 12.0. The molecule has 0 unspecified atom stereocenters. The van der Waals surface area contributed by atoms with Gasteiger partial charge in [0.15, 0.2) is 0 Å². The minimum atomic E-state index is -1.21. The van der Waals surface area contributed by atoms with Crippen LogP contribution in [0.25, 0.3) is 0 Å². The van der Waals surface area contributed by atoms with Crippen molar-refractivity contribution in [2.75, 3.05) is 6.54 Å². The van der Waals surface area contributed by atoms with Crippen LogP contribution in [-0.2, 0) is 11.3 Å². The van der Waals surface area contributed by atoms with E-state index in [1.165, 1.54) is 0 Å². The summed E-state index contributed by atoms with van der Waals surface area (Å²) in [6.07, 6.45) is -1.21. The molecule has 0 aliphatic heterocycles. The number of carboxylic acid groups (broad SMARTS) is 1. The van der Waals surface area contributed by atoms with Crippen LogP contribution in [0.3, 0.4) is 0 Å². The summed E-state index contributed by atoms with van der Waals surface area (Å²) in [5.41, 5.74) is 0.943. The van der Waals surface area contributed by atoms with E-state index >= 15 is 0 Å². The van der Waals surface area contributed by atoms with Crippen LogP contribution in [0.2, 0.25) is 0 Å². The van der Waals surface area contributed by atoms with Gasteiger partial charge in [-0.25, -0.2) is 4.79 Å². The number of hydrogen-bond donors (Lipinski definition) is 3. The zero-order valence-corrected chi connectivity index (χ0v) is 9.95. The van der Waals surface area contributed by atoms with Crippen molar-refractivity contribution in [3.05, 3.63) is 34.3 Å². The molecule has 0 aliphatic rings. The Morgan fingerprint density at radius 1 is 1.31 bits per heavy atom. The first-order chi connectivity index (χ1) is 7.58. The van der Waals surface area contributed by atoms with E-state index in [9.17, 15) is 9.59 Å². The number of rotatable bonds is 4. The molecule has 0 saturated heterocycles. The van der Waals surface area contributed by atoms with Gasteiger partial charge in [-0.2, -0.15) is 0 Å². The Kier molecular flexibility index (Phi) is 4.78. The minimum Gasteiger partial charge on any atom is -0.465 e. The van der Waals surface area contributed by atoms with Gasteiger partial charge in [-0.1, -0.05) is 28.1 Å². The SMILES string of the molecule is O=C(O)NCC(=O)NCc1cccc(Br)c1. The minimum absolute atomic E-state index is 0.233. The van der Waals surface area contributed by atoms with Gasteiger partial charge in [0.25, 0.3) is 0 Å². The molecule has 16 heavy (non-hydrogen) atoms. The van der Waals surface area contributed by atoms with Crippen LogP contribution >= 0.6 is 15.9 Å². The van der Waals surface area contributed by atoms with Crippen LogP contribution in [-0.4, -0.2) is 23.7 Å². The molecule has 6 heteroatoms. The number of hydrogen-bond acceptors (Lipinski definition) is 2. The van der Waals surface area contributed by atoms with Crippen LogP contribution in [0.1, 0.15) is 5.56 Å². The van der Waals surface area contributed by atoms with E-state index in [1.54, 1.807) is 0 Å². The lowest BCUT2D eigenvalue weighted by Crippen LogP contribution is -2.35. The van der Waals surface area contributed by atoms with Crippen LogP contribution in [0.15, 0.2) is 28.7 Å². The second kappa shape index (κ2) is 6.12. The molecule has 0 aromatic heterocycles. The van der Waals surface area contributed by atoms with Crippen molar-refractivity contribution in [3.8, 4) is 0 Å². The molecule has 0 bridgehead atoms. The predicted octanol–water partition coefficient (Wildman–Crippen LogP) is 1.33. The van der Waals surface area contributed by atoms with Gasteiger partial charge in [-0.3, -0.25) is 4.79 Å². The Labute approximate surface area is 101 Å². The van der Waals surface area contributed by atoms with Gasteiger partial charge >= 0.3 is 6.09 Å². The molecule has 0 atom stereocenters. The maximum absolute atomic E-state index is 11.2. The van der Waals surface area contributed by atoms with Crippen molar-refractivity contribution in [1.82, 2.24) is 10.6 Å². The van der Waals surface area contributed by atoms with Crippen LogP contribution in [0.5, 0.6) is 0 Å². The van der Waals surface area contributed by atoms with Gasteiger partial charge in [-0.15, -0.1) is 0 Å². The Balaban J connectivity index is 2.34. The smallest absolute Gasteiger partial charge is 0.405 e. The molecule has 3 N–H and O–H groups in total. The molecule has 0 radical (unpaired) electrons. The van der Waals surface area contributed by atoms with Crippen molar-refractivity contribution < 1.29 is 14.7 Å². The number of halogens is 1. The van der Waals surface area contributed by atoms with Gasteiger partial charge in [-0.05, 0) is 17.7 Å². The molecule has 0 saturated carbocycles. The first-order valence-electron chi connectivity index (χ1n) is 4.56. The fraction of sp³-hybridized carbons (Fsp3) is 0.200. The fourth-order valence-electron chi connectivity index (χ4n) is 1.07. The van der Waals surface area contributed by atoms with E-state index in [0.717, 1.165) is 10.0 Å². The lowest BCUT2D eigenvalue weighted by Gasteiger charge is -2.05. The molecule has 2 amide bonds. The van der Waals surface area contributed by atoms with Crippen LogP contribution < -0.4 is 10.6 Å². The lowest BCUT2D eigenvalue weighted by atomic mass is 10.2. The maximum atomic E-state index is 11.2. The van der Waals surface area contributed by atoms with E-state index in [1.807, 2.05) is 29.6 Å². The number of carbonyl (C=O) groups excluding carboxylic acids is 1. The molecule has 86 valence electrons. The highest BCUT2D eigenvalue weighted by atomic mass is 79.9. The molecule has 0 spiro atoms. The average Bonchev–Trinajstić information content (AvgIpc) is 2.23. The number of benzene rings is 1.